The number of fused-ring (bicyclic) bond motifs is 1. The van der Waals surface area contributed by atoms with Crippen molar-refractivity contribution in [1.29, 1.82) is 0 Å². The molecule has 2 heteroatoms. The van der Waals surface area contributed by atoms with E-state index in [1.807, 2.05) is 19.1 Å². The van der Waals surface area contributed by atoms with Gasteiger partial charge in [-0.1, -0.05) is 84.0 Å². The van der Waals surface area contributed by atoms with Crippen LogP contribution in [0.15, 0.2) is 84.9 Å². The summed E-state index contributed by atoms with van der Waals surface area (Å²) in [6.45, 7) is 16.0. The molecular weight excluding hydrogens is 462 g/mol. The molecule has 1 N–H and O–H groups in total. The van der Waals surface area contributed by atoms with Gasteiger partial charge in [-0.05, 0) is 101 Å². The maximum Gasteiger partial charge on any atom is 0.117 e. The lowest BCUT2D eigenvalue weighted by molar-refractivity contribution is 0.332. The van der Waals surface area contributed by atoms with E-state index in [-0.39, 0.29) is 16.6 Å². The molecule has 0 saturated carbocycles. The Balaban J connectivity index is 1.80. The Labute approximate surface area is 229 Å². The van der Waals surface area contributed by atoms with E-state index >= 15 is 0 Å². The standard InChI is InChI=1S/C36H41NO/c1-24(2)27-13-16-34(31(21-27)26-11-9-8-10-12-26)37(29-19-25(3)20-30(38)22-29)28-14-15-32-33(23-28)36(6,7)18-17-35(32,4)5/h8-16,19-24,38H,17-18H2,1-7H3. The fraction of sp³-hybridized carbons (Fsp3) is 0.333. The van der Waals surface area contributed by atoms with Crippen molar-refractivity contribution in [2.45, 2.75) is 78.1 Å². The lowest BCUT2D eigenvalue weighted by Crippen LogP contribution is -2.34. The minimum Gasteiger partial charge on any atom is -0.508 e. The van der Waals surface area contributed by atoms with E-state index in [1.54, 1.807) is 0 Å². The SMILES string of the molecule is Cc1cc(O)cc(N(c2ccc3c(c2)C(C)(C)CCC3(C)C)c2ccc(C(C)C)cc2-c2ccccc2)c1. The topological polar surface area (TPSA) is 23.5 Å². The second kappa shape index (κ2) is 9.66. The Kier molecular flexibility index (Phi) is 6.63. The predicted octanol–water partition coefficient (Wildman–Crippen LogP) is 10.3. The molecule has 0 spiro atoms. The molecule has 0 bridgehead atoms. The minimum absolute atomic E-state index is 0.102. The van der Waals surface area contributed by atoms with Crippen LogP contribution in [0.1, 0.15) is 82.6 Å². The number of phenols is 1. The molecule has 0 aromatic heterocycles. The minimum atomic E-state index is 0.102. The van der Waals surface area contributed by atoms with Crippen LogP contribution in [0.4, 0.5) is 17.1 Å². The summed E-state index contributed by atoms with van der Waals surface area (Å²) in [5.41, 5.74) is 11.0. The molecule has 0 radical (unpaired) electrons. The highest BCUT2D eigenvalue weighted by Crippen LogP contribution is 2.49. The summed E-state index contributed by atoms with van der Waals surface area (Å²) in [6, 6.07) is 30.4. The average molecular weight is 504 g/mol. The third kappa shape index (κ3) is 4.85. The molecule has 5 rings (SSSR count). The first-order chi connectivity index (χ1) is 18.0. The monoisotopic (exact) mass is 503 g/mol. The Bertz CT molecular complexity index is 1440. The van der Waals surface area contributed by atoms with Gasteiger partial charge in [0.1, 0.15) is 5.75 Å². The first-order valence-electron chi connectivity index (χ1n) is 13.9. The van der Waals surface area contributed by atoms with E-state index in [2.05, 4.69) is 119 Å². The van der Waals surface area contributed by atoms with Gasteiger partial charge in [0, 0.05) is 17.3 Å². The molecule has 1 aliphatic carbocycles. The van der Waals surface area contributed by atoms with Crippen LogP contribution in [0.25, 0.3) is 11.1 Å². The van der Waals surface area contributed by atoms with Crippen molar-refractivity contribution in [2.24, 2.45) is 0 Å². The van der Waals surface area contributed by atoms with Gasteiger partial charge in [0.2, 0.25) is 0 Å². The summed E-state index contributed by atoms with van der Waals surface area (Å²) < 4.78 is 0. The number of anilines is 3. The summed E-state index contributed by atoms with van der Waals surface area (Å²) in [5, 5.41) is 10.7. The van der Waals surface area contributed by atoms with Crippen LogP contribution < -0.4 is 4.90 Å². The number of aryl methyl sites for hydroxylation is 1. The van der Waals surface area contributed by atoms with Crippen LogP contribution in [0.5, 0.6) is 5.75 Å². The van der Waals surface area contributed by atoms with Crippen LogP contribution >= 0.6 is 0 Å². The third-order valence-electron chi connectivity index (χ3n) is 8.41. The predicted molar refractivity (Wildman–Crippen MR) is 162 cm³/mol. The van der Waals surface area contributed by atoms with Crippen molar-refractivity contribution in [2.75, 3.05) is 4.90 Å². The molecule has 0 unspecified atom stereocenters. The zero-order chi connectivity index (χ0) is 27.2. The lowest BCUT2D eigenvalue weighted by Gasteiger charge is -2.42. The van der Waals surface area contributed by atoms with Gasteiger partial charge in [-0.2, -0.15) is 0 Å². The molecule has 0 saturated heterocycles. The zero-order valence-corrected chi connectivity index (χ0v) is 24.0. The number of rotatable bonds is 5. The van der Waals surface area contributed by atoms with Crippen molar-refractivity contribution < 1.29 is 5.11 Å². The number of nitrogens with zero attached hydrogens (tertiary/aromatic N) is 1. The molecule has 0 atom stereocenters. The molecule has 0 amide bonds. The van der Waals surface area contributed by atoms with Crippen molar-refractivity contribution in [3.63, 3.8) is 0 Å². The summed E-state index contributed by atoms with van der Waals surface area (Å²) >= 11 is 0. The van der Waals surface area contributed by atoms with Crippen molar-refractivity contribution in [1.82, 2.24) is 0 Å². The fourth-order valence-electron chi connectivity index (χ4n) is 5.97. The summed E-state index contributed by atoms with van der Waals surface area (Å²) in [6.07, 6.45) is 2.36. The first-order valence-corrected chi connectivity index (χ1v) is 13.9. The van der Waals surface area contributed by atoms with Crippen LogP contribution in [0.3, 0.4) is 0 Å². The van der Waals surface area contributed by atoms with Gasteiger partial charge in [0.05, 0.1) is 11.4 Å². The molecule has 0 fully saturated rings. The largest absolute Gasteiger partial charge is 0.508 e. The number of aromatic hydroxyl groups is 1. The number of hydrogen-bond donors (Lipinski definition) is 1. The second-order valence-corrected chi connectivity index (χ2v) is 12.7. The number of benzene rings is 4. The molecular formula is C36H41NO. The Morgan fingerprint density at radius 3 is 2.05 bits per heavy atom. The lowest BCUT2D eigenvalue weighted by atomic mass is 9.63. The maximum atomic E-state index is 10.7. The summed E-state index contributed by atoms with van der Waals surface area (Å²) in [5.74, 6) is 0.708. The van der Waals surface area contributed by atoms with Gasteiger partial charge in [-0.15, -0.1) is 0 Å². The van der Waals surface area contributed by atoms with E-state index in [9.17, 15) is 5.11 Å². The molecule has 4 aromatic rings. The van der Waals surface area contributed by atoms with E-state index in [0.717, 1.165) is 22.6 Å². The Morgan fingerprint density at radius 1 is 0.711 bits per heavy atom. The molecule has 4 aromatic carbocycles. The Morgan fingerprint density at radius 2 is 1.39 bits per heavy atom. The van der Waals surface area contributed by atoms with Crippen molar-refractivity contribution >= 4 is 17.1 Å². The van der Waals surface area contributed by atoms with Gasteiger partial charge < -0.3 is 10.0 Å². The van der Waals surface area contributed by atoms with E-state index in [1.165, 1.54) is 40.7 Å². The third-order valence-corrected chi connectivity index (χ3v) is 8.41. The molecule has 0 heterocycles. The van der Waals surface area contributed by atoms with E-state index < -0.39 is 0 Å². The summed E-state index contributed by atoms with van der Waals surface area (Å²) in [4.78, 5) is 2.33. The van der Waals surface area contributed by atoms with Gasteiger partial charge in [0.15, 0.2) is 0 Å². The first kappa shape index (κ1) is 26.1. The molecule has 1 aliphatic rings. The quantitative estimate of drug-likeness (QED) is 0.293. The number of phenolic OH excluding ortho intramolecular Hbond substituents is 1. The normalized spacial score (nSPS) is 15.8. The summed E-state index contributed by atoms with van der Waals surface area (Å²) in [7, 11) is 0. The van der Waals surface area contributed by atoms with Crippen LogP contribution in [0, 0.1) is 6.92 Å². The van der Waals surface area contributed by atoms with Gasteiger partial charge in [-0.25, -0.2) is 0 Å². The highest BCUT2D eigenvalue weighted by Gasteiger charge is 2.37. The number of hydrogen-bond acceptors (Lipinski definition) is 2. The molecule has 0 aliphatic heterocycles. The highest BCUT2D eigenvalue weighted by atomic mass is 16.3. The van der Waals surface area contributed by atoms with E-state index in [0.29, 0.717) is 5.92 Å². The average Bonchev–Trinajstić information content (AvgIpc) is 2.87. The van der Waals surface area contributed by atoms with Crippen LogP contribution in [-0.2, 0) is 10.8 Å². The van der Waals surface area contributed by atoms with E-state index in [4.69, 9.17) is 0 Å². The van der Waals surface area contributed by atoms with Gasteiger partial charge >= 0.3 is 0 Å². The highest BCUT2D eigenvalue weighted by molar-refractivity contribution is 5.89. The molecule has 196 valence electrons. The fourth-order valence-corrected chi connectivity index (χ4v) is 5.97. The van der Waals surface area contributed by atoms with Crippen molar-refractivity contribution in [3.8, 4) is 16.9 Å². The van der Waals surface area contributed by atoms with Gasteiger partial charge in [-0.3, -0.25) is 0 Å². The van der Waals surface area contributed by atoms with Crippen LogP contribution in [0.2, 0.25) is 0 Å². The molecule has 2 nitrogen and oxygen atoms in total. The zero-order valence-electron chi connectivity index (χ0n) is 24.0. The van der Waals surface area contributed by atoms with Gasteiger partial charge in [0.25, 0.3) is 0 Å². The Hall–Kier alpha value is -3.52. The maximum absolute atomic E-state index is 10.7. The second-order valence-electron chi connectivity index (χ2n) is 12.7. The molecule has 38 heavy (non-hydrogen) atoms. The van der Waals surface area contributed by atoms with Crippen LogP contribution in [-0.4, -0.2) is 5.11 Å². The van der Waals surface area contributed by atoms with Crippen molar-refractivity contribution in [3.05, 3.63) is 107 Å². The smallest absolute Gasteiger partial charge is 0.117 e.